The molecule has 19 heavy (non-hydrogen) atoms. The predicted molar refractivity (Wildman–Crippen MR) is 76.8 cm³/mol. The van der Waals surface area contributed by atoms with Gasteiger partial charge in [0.15, 0.2) is 0 Å². The predicted octanol–water partition coefficient (Wildman–Crippen LogP) is 2.60. The van der Waals surface area contributed by atoms with Gasteiger partial charge < -0.3 is 5.32 Å². The van der Waals surface area contributed by atoms with Gasteiger partial charge in [-0.1, -0.05) is 51.1 Å². The molecular formula is C16H23NO2. The number of rotatable bonds is 5. The molecule has 1 atom stereocenters. The van der Waals surface area contributed by atoms with Gasteiger partial charge in [-0.3, -0.25) is 9.59 Å². The zero-order valence-electron chi connectivity index (χ0n) is 12.2. The standard InChI is InChI=1S/C16H23NO2/c1-12(18)17-11-14(15(19)16(2,3)4)10-13-8-6-5-7-9-13/h5-9,14H,10-11H2,1-4H3,(H,17,18)/t14-/m1/s1. The largest absolute Gasteiger partial charge is 0.356 e. The summed E-state index contributed by atoms with van der Waals surface area (Å²) in [4.78, 5) is 23.5. The van der Waals surface area contributed by atoms with E-state index in [9.17, 15) is 9.59 Å². The van der Waals surface area contributed by atoms with E-state index in [2.05, 4.69) is 5.32 Å². The maximum absolute atomic E-state index is 12.4. The Morgan fingerprint density at radius 1 is 1.16 bits per heavy atom. The quantitative estimate of drug-likeness (QED) is 0.885. The number of carbonyl (C=O) groups is 2. The van der Waals surface area contributed by atoms with E-state index in [1.54, 1.807) is 0 Å². The molecule has 0 unspecified atom stereocenters. The van der Waals surface area contributed by atoms with Gasteiger partial charge in [0.05, 0.1) is 0 Å². The van der Waals surface area contributed by atoms with Crippen LogP contribution in [0.1, 0.15) is 33.3 Å². The van der Waals surface area contributed by atoms with Crippen LogP contribution in [0.25, 0.3) is 0 Å². The Morgan fingerprint density at radius 3 is 2.21 bits per heavy atom. The number of Topliss-reactive ketones (excluding diaryl/α,β-unsaturated/α-hetero) is 1. The zero-order chi connectivity index (χ0) is 14.5. The molecule has 0 aliphatic heterocycles. The Balaban J connectivity index is 2.80. The van der Waals surface area contributed by atoms with Crippen LogP contribution in [0.15, 0.2) is 30.3 Å². The van der Waals surface area contributed by atoms with Crippen molar-refractivity contribution >= 4 is 11.7 Å². The van der Waals surface area contributed by atoms with Crippen LogP contribution in [-0.4, -0.2) is 18.2 Å². The average molecular weight is 261 g/mol. The van der Waals surface area contributed by atoms with Crippen LogP contribution in [0, 0.1) is 11.3 Å². The first-order chi connectivity index (χ1) is 8.80. The fourth-order valence-corrected chi connectivity index (χ4v) is 2.04. The van der Waals surface area contributed by atoms with E-state index in [0.717, 1.165) is 5.56 Å². The lowest BCUT2D eigenvalue weighted by molar-refractivity contribution is -0.130. The molecule has 0 bridgehead atoms. The summed E-state index contributed by atoms with van der Waals surface area (Å²) in [5.41, 5.74) is 0.730. The summed E-state index contributed by atoms with van der Waals surface area (Å²) in [6.07, 6.45) is 0.664. The summed E-state index contributed by atoms with van der Waals surface area (Å²) in [5, 5.41) is 2.76. The molecule has 1 rings (SSSR count). The highest BCUT2D eigenvalue weighted by Crippen LogP contribution is 2.22. The molecule has 3 heteroatoms. The molecule has 1 aromatic rings. The van der Waals surface area contributed by atoms with E-state index in [1.165, 1.54) is 6.92 Å². The summed E-state index contributed by atoms with van der Waals surface area (Å²) in [6, 6.07) is 9.91. The van der Waals surface area contributed by atoms with Crippen molar-refractivity contribution in [1.82, 2.24) is 5.32 Å². The third kappa shape index (κ3) is 5.25. The lowest BCUT2D eigenvalue weighted by atomic mass is 9.80. The number of amides is 1. The van der Waals surface area contributed by atoms with Crippen molar-refractivity contribution in [2.24, 2.45) is 11.3 Å². The molecule has 0 saturated carbocycles. The molecule has 1 aromatic carbocycles. The Kier molecular flexibility index (Phi) is 5.28. The minimum atomic E-state index is -0.391. The van der Waals surface area contributed by atoms with Crippen molar-refractivity contribution in [2.75, 3.05) is 6.54 Å². The van der Waals surface area contributed by atoms with Gasteiger partial charge in [0.1, 0.15) is 5.78 Å². The smallest absolute Gasteiger partial charge is 0.216 e. The Hall–Kier alpha value is -1.64. The molecule has 0 fully saturated rings. The van der Waals surface area contributed by atoms with Crippen LogP contribution in [0.5, 0.6) is 0 Å². The summed E-state index contributed by atoms with van der Waals surface area (Å²) in [7, 11) is 0. The Labute approximate surface area is 115 Å². The van der Waals surface area contributed by atoms with Crippen molar-refractivity contribution < 1.29 is 9.59 Å². The third-order valence-corrected chi connectivity index (χ3v) is 3.03. The SMILES string of the molecule is CC(=O)NC[C@@H](Cc1ccccc1)C(=O)C(C)(C)C. The van der Waals surface area contributed by atoms with Crippen molar-refractivity contribution in [3.63, 3.8) is 0 Å². The van der Waals surface area contributed by atoms with Crippen molar-refractivity contribution in [2.45, 2.75) is 34.1 Å². The normalized spacial score (nSPS) is 12.8. The van der Waals surface area contributed by atoms with Gasteiger partial charge in [-0.05, 0) is 12.0 Å². The Bertz CT molecular complexity index is 432. The number of benzene rings is 1. The van der Waals surface area contributed by atoms with E-state index >= 15 is 0 Å². The first-order valence-electron chi connectivity index (χ1n) is 6.63. The highest BCUT2D eigenvalue weighted by molar-refractivity contribution is 5.87. The molecule has 0 heterocycles. The molecule has 0 saturated heterocycles. The first kappa shape index (κ1) is 15.4. The summed E-state index contributed by atoms with van der Waals surface area (Å²) in [6.45, 7) is 7.63. The van der Waals surface area contributed by atoms with Gasteiger partial charge in [-0.2, -0.15) is 0 Å². The van der Waals surface area contributed by atoms with Crippen LogP contribution in [0.3, 0.4) is 0 Å². The van der Waals surface area contributed by atoms with E-state index in [4.69, 9.17) is 0 Å². The topological polar surface area (TPSA) is 46.2 Å². The lowest BCUT2D eigenvalue weighted by Gasteiger charge is -2.25. The molecule has 1 amide bonds. The molecule has 3 nitrogen and oxygen atoms in total. The van der Waals surface area contributed by atoms with Crippen LogP contribution in [0.4, 0.5) is 0 Å². The monoisotopic (exact) mass is 261 g/mol. The fourth-order valence-electron chi connectivity index (χ4n) is 2.04. The minimum absolute atomic E-state index is 0.0974. The van der Waals surface area contributed by atoms with E-state index in [0.29, 0.717) is 13.0 Å². The average Bonchev–Trinajstić information content (AvgIpc) is 2.33. The maximum atomic E-state index is 12.4. The van der Waals surface area contributed by atoms with Gasteiger partial charge in [0.2, 0.25) is 5.91 Å². The van der Waals surface area contributed by atoms with Gasteiger partial charge in [0, 0.05) is 24.8 Å². The summed E-state index contributed by atoms with van der Waals surface area (Å²) in [5.74, 6) is -0.0869. The van der Waals surface area contributed by atoms with Crippen molar-refractivity contribution in [3.8, 4) is 0 Å². The van der Waals surface area contributed by atoms with E-state index < -0.39 is 5.41 Å². The second kappa shape index (κ2) is 6.50. The number of ketones is 1. The van der Waals surface area contributed by atoms with E-state index in [-0.39, 0.29) is 17.6 Å². The van der Waals surface area contributed by atoms with Crippen LogP contribution < -0.4 is 5.32 Å². The van der Waals surface area contributed by atoms with Crippen molar-refractivity contribution in [3.05, 3.63) is 35.9 Å². The van der Waals surface area contributed by atoms with Crippen molar-refractivity contribution in [1.29, 1.82) is 0 Å². The van der Waals surface area contributed by atoms with Gasteiger partial charge in [-0.25, -0.2) is 0 Å². The molecular weight excluding hydrogens is 238 g/mol. The highest BCUT2D eigenvalue weighted by atomic mass is 16.1. The van der Waals surface area contributed by atoms with Crippen LogP contribution >= 0.6 is 0 Å². The number of hydrogen-bond donors (Lipinski definition) is 1. The fraction of sp³-hybridized carbons (Fsp3) is 0.500. The Morgan fingerprint density at radius 2 is 1.74 bits per heavy atom. The molecule has 0 aliphatic rings. The van der Waals surface area contributed by atoms with Gasteiger partial charge >= 0.3 is 0 Å². The maximum Gasteiger partial charge on any atom is 0.216 e. The highest BCUT2D eigenvalue weighted by Gasteiger charge is 2.29. The second-order valence-electron chi connectivity index (χ2n) is 5.94. The first-order valence-corrected chi connectivity index (χ1v) is 6.63. The number of hydrogen-bond acceptors (Lipinski definition) is 2. The molecule has 0 aliphatic carbocycles. The molecule has 104 valence electrons. The summed E-state index contributed by atoms with van der Waals surface area (Å²) >= 11 is 0. The minimum Gasteiger partial charge on any atom is -0.356 e. The molecule has 0 spiro atoms. The molecule has 1 N–H and O–H groups in total. The third-order valence-electron chi connectivity index (χ3n) is 3.03. The number of carbonyl (C=O) groups excluding carboxylic acids is 2. The number of nitrogens with one attached hydrogen (secondary N) is 1. The van der Waals surface area contributed by atoms with Crippen LogP contribution in [0.2, 0.25) is 0 Å². The molecule has 0 aromatic heterocycles. The van der Waals surface area contributed by atoms with Crippen LogP contribution in [-0.2, 0) is 16.0 Å². The summed E-state index contributed by atoms with van der Waals surface area (Å²) < 4.78 is 0. The second-order valence-corrected chi connectivity index (χ2v) is 5.94. The zero-order valence-corrected chi connectivity index (χ0v) is 12.2. The molecule has 0 radical (unpaired) electrons. The lowest BCUT2D eigenvalue weighted by Crippen LogP contribution is -2.38. The van der Waals surface area contributed by atoms with E-state index in [1.807, 2.05) is 51.1 Å². The van der Waals surface area contributed by atoms with Gasteiger partial charge in [0.25, 0.3) is 0 Å². The van der Waals surface area contributed by atoms with Gasteiger partial charge in [-0.15, -0.1) is 0 Å².